The van der Waals surface area contributed by atoms with E-state index in [-0.39, 0.29) is 5.91 Å². The molecule has 18 heavy (non-hydrogen) atoms. The van der Waals surface area contributed by atoms with E-state index in [0.717, 1.165) is 0 Å². The molecule has 1 aliphatic heterocycles. The van der Waals surface area contributed by atoms with E-state index in [0.29, 0.717) is 36.7 Å². The van der Waals surface area contributed by atoms with Crippen LogP contribution < -0.4 is 10.5 Å². The molecular weight excluding hydrogens is 232 g/mol. The van der Waals surface area contributed by atoms with Gasteiger partial charge in [-0.15, -0.1) is 0 Å². The van der Waals surface area contributed by atoms with Gasteiger partial charge in [0.1, 0.15) is 5.75 Å². The van der Waals surface area contributed by atoms with E-state index in [1.54, 1.807) is 30.0 Å². The normalized spacial score (nSPS) is 17.2. The molecule has 0 spiro atoms. The number of nitrogens with zero attached hydrogens (tertiary/aromatic N) is 1. The zero-order valence-corrected chi connectivity index (χ0v) is 10.6. The van der Waals surface area contributed by atoms with E-state index in [2.05, 4.69) is 0 Å². The summed E-state index contributed by atoms with van der Waals surface area (Å²) < 4.78 is 5.32. The molecule has 5 nitrogen and oxygen atoms in total. The maximum atomic E-state index is 12.1. The van der Waals surface area contributed by atoms with Crippen molar-refractivity contribution in [2.75, 3.05) is 25.4 Å². The SMILES string of the molecule is CCOc1ccc(C(=O)N2CC(C)(O)C2)cc1N. The molecule has 0 bridgehead atoms. The average Bonchev–Trinajstić information content (AvgIpc) is 2.28. The van der Waals surface area contributed by atoms with Crippen LogP contribution in [0.25, 0.3) is 0 Å². The van der Waals surface area contributed by atoms with Crippen LogP contribution in [0.4, 0.5) is 5.69 Å². The predicted octanol–water partition coefficient (Wildman–Crippen LogP) is 0.874. The number of anilines is 1. The fraction of sp³-hybridized carbons (Fsp3) is 0.462. The molecule has 1 amide bonds. The molecule has 1 aromatic rings. The molecule has 5 heteroatoms. The highest BCUT2D eigenvalue weighted by molar-refractivity contribution is 5.96. The number of nitrogens with two attached hydrogens (primary N) is 1. The minimum absolute atomic E-state index is 0.115. The van der Waals surface area contributed by atoms with Crippen LogP contribution in [0, 0.1) is 0 Å². The van der Waals surface area contributed by atoms with Gasteiger partial charge in [-0.3, -0.25) is 4.79 Å². The van der Waals surface area contributed by atoms with Crippen LogP contribution in [0.1, 0.15) is 24.2 Å². The summed E-state index contributed by atoms with van der Waals surface area (Å²) in [5.41, 5.74) is 6.03. The van der Waals surface area contributed by atoms with Crippen molar-refractivity contribution in [3.63, 3.8) is 0 Å². The minimum Gasteiger partial charge on any atom is -0.492 e. The lowest BCUT2D eigenvalue weighted by molar-refractivity contribution is -0.0668. The van der Waals surface area contributed by atoms with Crippen molar-refractivity contribution in [2.24, 2.45) is 0 Å². The summed E-state index contributed by atoms with van der Waals surface area (Å²) in [5, 5.41) is 9.61. The molecule has 2 rings (SSSR count). The van der Waals surface area contributed by atoms with Crippen LogP contribution in [0.3, 0.4) is 0 Å². The second-order valence-electron chi connectivity index (χ2n) is 4.84. The van der Waals surface area contributed by atoms with Crippen molar-refractivity contribution < 1.29 is 14.6 Å². The first kappa shape index (κ1) is 12.7. The summed E-state index contributed by atoms with van der Waals surface area (Å²) in [6.45, 7) is 4.84. The minimum atomic E-state index is -0.757. The Morgan fingerprint density at radius 1 is 1.56 bits per heavy atom. The highest BCUT2D eigenvalue weighted by Crippen LogP contribution is 2.26. The summed E-state index contributed by atoms with van der Waals surface area (Å²) in [5.74, 6) is 0.473. The Kier molecular flexibility index (Phi) is 3.17. The fourth-order valence-electron chi connectivity index (χ4n) is 2.07. The maximum absolute atomic E-state index is 12.1. The van der Waals surface area contributed by atoms with Crippen LogP contribution >= 0.6 is 0 Å². The molecule has 0 aromatic heterocycles. The number of benzene rings is 1. The number of rotatable bonds is 3. The summed E-state index contributed by atoms with van der Waals surface area (Å²) in [6, 6.07) is 5.00. The van der Waals surface area contributed by atoms with Crippen LogP contribution in [0.5, 0.6) is 5.75 Å². The molecule has 3 N–H and O–H groups in total. The second-order valence-corrected chi connectivity index (χ2v) is 4.84. The number of hydrogen-bond donors (Lipinski definition) is 2. The van der Waals surface area contributed by atoms with Crippen molar-refractivity contribution in [3.05, 3.63) is 23.8 Å². The molecule has 0 atom stereocenters. The van der Waals surface area contributed by atoms with Crippen LogP contribution in [-0.4, -0.2) is 41.2 Å². The van der Waals surface area contributed by atoms with Gasteiger partial charge >= 0.3 is 0 Å². The first-order chi connectivity index (χ1) is 8.43. The number of ether oxygens (including phenoxy) is 1. The number of aliphatic hydroxyl groups is 1. The molecule has 1 heterocycles. The Labute approximate surface area is 106 Å². The van der Waals surface area contributed by atoms with Crippen molar-refractivity contribution >= 4 is 11.6 Å². The van der Waals surface area contributed by atoms with Gasteiger partial charge in [0, 0.05) is 5.56 Å². The molecule has 0 saturated carbocycles. The lowest BCUT2D eigenvalue weighted by Gasteiger charge is -2.44. The molecule has 0 aliphatic carbocycles. The standard InChI is InChI=1S/C13H18N2O3/c1-3-18-11-5-4-9(6-10(11)14)12(16)15-7-13(2,17)8-15/h4-6,17H,3,7-8,14H2,1-2H3. The van der Waals surface area contributed by atoms with Crippen LogP contribution in [0.2, 0.25) is 0 Å². The second kappa shape index (κ2) is 4.49. The van der Waals surface area contributed by atoms with E-state index < -0.39 is 5.60 Å². The smallest absolute Gasteiger partial charge is 0.254 e. The van der Waals surface area contributed by atoms with Gasteiger partial charge in [0.05, 0.1) is 31.0 Å². The quantitative estimate of drug-likeness (QED) is 0.781. The van der Waals surface area contributed by atoms with Crippen molar-refractivity contribution in [1.29, 1.82) is 0 Å². The van der Waals surface area contributed by atoms with E-state index >= 15 is 0 Å². The third-order valence-corrected chi connectivity index (χ3v) is 2.91. The first-order valence-corrected chi connectivity index (χ1v) is 5.97. The summed E-state index contributed by atoms with van der Waals surface area (Å²) in [6.07, 6.45) is 0. The summed E-state index contributed by atoms with van der Waals surface area (Å²) in [7, 11) is 0. The molecule has 0 radical (unpaired) electrons. The van der Waals surface area contributed by atoms with Crippen molar-refractivity contribution in [1.82, 2.24) is 4.90 Å². The number of carbonyl (C=O) groups is 1. The zero-order valence-electron chi connectivity index (χ0n) is 10.6. The highest BCUT2D eigenvalue weighted by Gasteiger charge is 2.39. The third-order valence-electron chi connectivity index (χ3n) is 2.91. The summed E-state index contributed by atoms with van der Waals surface area (Å²) >= 11 is 0. The van der Waals surface area contributed by atoms with Gasteiger partial charge in [-0.05, 0) is 32.0 Å². The number of carbonyl (C=O) groups excluding carboxylic acids is 1. The molecule has 1 aliphatic rings. The van der Waals surface area contributed by atoms with Gasteiger partial charge in [0.15, 0.2) is 0 Å². The van der Waals surface area contributed by atoms with Gasteiger partial charge in [-0.2, -0.15) is 0 Å². The van der Waals surface area contributed by atoms with E-state index in [1.807, 2.05) is 6.92 Å². The Morgan fingerprint density at radius 3 is 2.72 bits per heavy atom. The van der Waals surface area contributed by atoms with Gasteiger partial charge < -0.3 is 20.5 Å². The van der Waals surface area contributed by atoms with Crippen LogP contribution in [0.15, 0.2) is 18.2 Å². The van der Waals surface area contributed by atoms with E-state index in [9.17, 15) is 9.90 Å². The number of hydrogen-bond acceptors (Lipinski definition) is 4. The average molecular weight is 250 g/mol. The van der Waals surface area contributed by atoms with Crippen molar-refractivity contribution in [2.45, 2.75) is 19.4 Å². The third kappa shape index (κ3) is 2.41. The van der Waals surface area contributed by atoms with Crippen LogP contribution in [-0.2, 0) is 0 Å². The van der Waals surface area contributed by atoms with Gasteiger partial charge in [-0.25, -0.2) is 0 Å². The monoisotopic (exact) mass is 250 g/mol. The number of β-amino-alcohol motifs (C(OH)–C–C–N with tert-alkyl or cyclic N) is 1. The molecule has 98 valence electrons. The predicted molar refractivity (Wildman–Crippen MR) is 68.6 cm³/mol. The van der Waals surface area contributed by atoms with Gasteiger partial charge in [-0.1, -0.05) is 0 Å². The number of amides is 1. The molecule has 0 unspecified atom stereocenters. The maximum Gasteiger partial charge on any atom is 0.254 e. The Bertz CT molecular complexity index is 463. The number of likely N-dealkylation sites (tertiary alicyclic amines) is 1. The van der Waals surface area contributed by atoms with Crippen molar-refractivity contribution in [3.8, 4) is 5.75 Å². The molecule has 1 fully saturated rings. The Balaban J connectivity index is 2.10. The van der Waals surface area contributed by atoms with Gasteiger partial charge in [0.2, 0.25) is 0 Å². The lowest BCUT2D eigenvalue weighted by atomic mass is 9.96. The largest absolute Gasteiger partial charge is 0.492 e. The lowest BCUT2D eigenvalue weighted by Crippen LogP contribution is -2.61. The summed E-state index contributed by atoms with van der Waals surface area (Å²) in [4.78, 5) is 13.6. The topological polar surface area (TPSA) is 75.8 Å². The molecule has 1 saturated heterocycles. The van der Waals surface area contributed by atoms with Gasteiger partial charge in [0.25, 0.3) is 5.91 Å². The Hall–Kier alpha value is -1.75. The number of nitrogen functional groups attached to an aromatic ring is 1. The highest BCUT2D eigenvalue weighted by atomic mass is 16.5. The van der Waals surface area contributed by atoms with E-state index in [4.69, 9.17) is 10.5 Å². The first-order valence-electron chi connectivity index (χ1n) is 5.97. The fourth-order valence-corrected chi connectivity index (χ4v) is 2.07. The molecular formula is C13H18N2O3. The zero-order chi connectivity index (χ0) is 13.3. The Morgan fingerprint density at radius 2 is 2.22 bits per heavy atom. The van der Waals surface area contributed by atoms with E-state index in [1.165, 1.54) is 0 Å². The molecule has 1 aromatic carbocycles.